The number of fused-ring (bicyclic) bond motifs is 1. The van der Waals surface area contributed by atoms with E-state index in [9.17, 15) is 0 Å². The summed E-state index contributed by atoms with van der Waals surface area (Å²) in [5.74, 6) is 1.36. The highest BCUT2D eigenvalue weighted by molar-refractivity contribution is 9.11. The molecule has 0 unspecified atom stereocenters. The van der Waals surface area contributed by atoms with Crippen LogP contribution in [0.15, 0.2) is 53.1 Å². The largest absolute Gasteiger partial charge is 0.454 e. The predicted octanol–water partition coefficient (Wildman–Crippen LogP) is 4.09. The van der Waals surface area contributed by atoms with Crippen LogP contribution in [-0.2, 0) is 11.3 Å². The molecule has 0 bridgehead atoms. The standard InChI is InChI=1S/C18H16BrN2O5P/c19-14-4-2-1-3-12(7-14)15-9-16(21(20-15)10-26-27(22)23)13-5-6-17-18(8-13)25-11-24-17/h2-9,22-23H,1,10-11H2. The number of aromatic nitrogens is 2. The maximum absolute atomic E-state index is 9.11. The van der Waals surface area contributed by atoms with Crippen molar-refractivity contribution in [2.75, 3.05) is 6.79 Å². The van der Waals surface area contributed by atoms with Gasteiger partial charge in [0.2, 0.25) is 6.79 Å². The van der Waals surface area contributed by atoms with Gasteiger partial charge in [0.05, 0.1) is 11.4 Å². The molecule has 140 valence electrons. The Labute approximate surface area is 165 Å². The second kappa shape index (κ2) is 7.96. The van der Waals surface area contributed by atoms with E-state index in [1.807, 2.05) is 36.4 Å². The summed E-state index contributed by atoms with van der Waals surface area (Å²) in [6, 6.07) is 7.55. The second-order valence-electron chi connectivity index (χ2n) is 5.82. The van der Waals surface area contributed by atoms with E-state index in [1.165, 1.54) is 0 Å². The first-order chi connectivity index (χ1) is 13.1. The molecule has 1 aromatic heterocycles. The van der Waals surface area contributed by atoms with Crippen LogP contribution in [0.2, 0.25) is 0 Å². The molecule has 7 nitrogen and oxygen atoms in total. The number of ether oxygens (including phenoxy) is 2. The Morgan fingerprint density at radius 1 is 1.22 bits per heavy atom. The predicted molar refractivity (Wildman–Crippen MR) is 105 cm³/mol. The third-order valence-corrected chi connectivity index (χ3v) is 4.92. The molecule has 1 aliphatic carbocycles. The fourth-order valence-corrected chi connectivity index (χ4v) is 3.51. The maximum atomic E-state index is 9.11. The zero-order valence-electron chi connectivity index (χ0n) is 14.1. The molecule has 0 saturated carbocycles. The van der Waals surface area contributed by atoms with Crippen molar-refractivity contribution in [3.05, 3.63) is 58.7 Å². The first-order valence-electron chi connectivity index (χ1n) is 8.13. The van der Waals surface area contributed by atoms with Crippen molar-refractivity contribution < 1.29 is 23.8 Å². The fourth-order valence-electron chi connectivity index (χ4n) is 2.86. The van der Waals surface area contributed by atoms with Crippen LogP contribution in [0.1, 0.15) is 12.1 Å². The van der Waals surface area contributed by atoms with Crippen LogP contribution in [0.5, 0.6) is 11.5 Å². The van der Waals surface area contributed by atoms with Crippen molar-refractivity contribution in [3.63, 3.8) is 0 Å². The van der Waals surface area contributed by atoms with Gasteiger partial charge in [0.15, 0.2) is 11.5 Å². The first kappa shape index (κ1) is 18.4. The first-order valence-corrected chi connectivity index (χ1v) is 10.1. The summed E-state index contributed by atoms with van der Waals surface area (Å²) in [5.41, 5.74) is 3.34. The molecule has 0 saturated heterocycles. The molecule has 0 radical (unpaired) electrons. The quantitative estimate of drug-likeness (QED) is 0.667. The Kier molecular flexibility index (Phi) is 5.43. The number of allylic oxidation sites excluding steroid dienone is 6. The van der Waals surface area contributed by atoms with Gasteiger partial charge in [0.1, 0.15) is 6.73 Å². The molecule has 2 N–H and O–H groups in total. The van der Waals surface area contributed by atoms with Gasteiger partial charge in [-0.2, -0.15) is 5.10 Å². The summed E-state index contributed by atoms with van der Waals surface area (Å²) < 4.78 is 18.4. The van der Waals surface area contributed by atoms with Crippen LogP contribution in [-0.4, -0.2) is 26.4 Å². The van der Waals surface area contributed by atoms with Crippen molar-refractivity contribution in [1.29, 1.82) is 0 Å². The molecular formula is C18H16BrN2O5P. The average molecular weight is 451 g/mol. The van der Waals surface area contributed by atoms with E-state index in [0.717, 1.165) is 33.4 Å². The van der Waals surface area contributed by atoms with Gasteiger partial charge >= 0.3 is 8.60 Å². The van der Waals surface area contributed by atoms with Gasteiger partial charge in [0, 0.05) is 10.0 Å². The minimum Gasteiger partial charge on any atom is -0.454 e. The Morgan fingerprint density at radius 3 is 2.93 bits per heavy atom. The van der Waals surface area contributed by atoms with Gasteiger partial charge in [-0.1, -0.05) is 34.2 Å². The molecule has 9 heteroatoms. The molecular weight excluding hydrogens is 435 g/mol. The van der Waals surface area contributed by atoms with Crippen LogP contribution in [0, 0.1) is 0 Å². The van der Waals surface area contributed by atoms with E-state index in [2.05, 4.69) is 33.2 Å². The Balaban J connectivity index is 1.74. The highest BCUT2D eigenvalue weighted by Gasteiger charge is 2.18. The lowest BCUT2D eigenvalue weighted by Crippen LogP contribution is -2.04. The summed E-state index contributed by atoms with van der Waals surface area (Å²) in [4.78, 5) is 18.2. The van der Waals surface area contributed by atoms with Gasteiger partial charge in [-0.15, -0.1) is 0 Å². The Bertz CT molecular complexity index is 951. The lowest BCUT2D eigenvalue weighted by Gasteiger charge is -2.09. The normalized spacial score (nSPS) is 15.7. The number of hydrogen-bond acceptors (Lipinski definition) is 6. The molecule has 1 aromatic carbocycles. The summed E-state index contributed by atoms with van der Waals surface area (Å²) in [6.45, 7) is 0.114. The van der Waals surface area contributed by atoms with Crippen LogP contribution in [0.3, 0.4) is 0 Å². The van der Waals surface area contributed by atoms with Crippen LogP contribution in [0.25, 0.3) is 16.8 Å². The van der Waals surface area contributed by atoms with Gasteiger partial charge in [-0.3, -0.25) is 4.52 Å². The van der Waals surface area contributed by atoms with E-state index < -0.39 is 8.60 Å². The third-order valence-electron chi connectivity index (χ3n) is 4.08. The summed E-state index contributed by atoms with van der Waals surface area (Å²) in [6.07, 6.45) is 8.91. The van der Waals surface area contributed by atoms with E-state index in [0.29, 0.717) is 11.5 Å². The number of hydrogen-bond donors (Lipinski definition) is 2. The highest BCUT2D eigenvalue weighted by Crippen LogP contribution is 2.37. The van der Waals surface area contributed by atoms with Gasteiger partial charge < -0.3 is 19.3 Å². The van der Waals surface area contributed by atoms with Crippen molar-refractivity contribution >= 4 is 30.1 Å². The topological polar surface area (TPSA) is 86.0 Å². The second-order valence-corrected chi connectivity index (χ2v) is 7.50. The fraction of sp³-hybridized carbons (Fsp3) is 0.167. The minimum absolute atomic E-state index is 0.0844. The third kappa shape index (κ3) is 4.15. The zero-order valence-corrected chi connectivity index (χ0v) is 16.6. The van der Waals surface area contributed by atoms with Crippen LogP contribution in [0.4, 0.5) is 0 Å². The average Bonchev–Trinajstić information content (AvgIpc) is 3.23. The monoisotopic (exact) mass is 450 g/mol. The van der Waals surface area contributed by atoms with E-state index in [1.54, 1.807) is 4.68 Å². The smallest absolute Gasteiger partial charge is 0.328 e. The molecule has 2 aliphatic rings. The van der Waals surface area contributed by atoms with Gasteiger partial charge in [-0.05, 0) is 42.3 Å². The van der Waals surface area contributed by atoms with Gasteiger partial charge in [0.25, 0.3) is 0 Å². The SMILES string of the molecule is OP(O)OCn1nc(C2=CCC=CC(Br)=C2)cc1-c1ccc2c(c1)OCO2. The molecule has 4 rings (SSSR count). The van der Waals surface area contributed by atoms with Crippen molar-refractivity contribution in [2.24, 2.45) is 0 Å². The van der Waals surface area contributed by atoms with Crippen molar-refractivity contribution in [3.8, 4) is 22.8 Å². The van der Waals surface area contributed by atoms with E-state index in [-0.39, 0.29) is 13.5 Å². The molecule has 0 spiro atoms. The molecule has 2 heterocycles. The highest BCUT2D eigenvalue weighted by atomic mass is 79.9. The molecule has 0 atom stereocenters. The Morgan fingerprint density at radius 2 is 2.07 bits per heavy atom. The maximum Gasteiger partial charge on any atom is 0.328 e. The molecule has 0 amide bonds. The lowest BCUT2D eigenvalue weighted by molar-refractivity contribution is 0.174. The molecule has 27 heavy (non-hydrogen) atoms. The van der Waals surface area contributed by atoms with Gasteiger partial charge in [-0.25, -0.2) is 4.68 Å². The van der Waals surface area contributed by atoms with Crippen LogP contribution < -0.4 is 9.47 Å². The molecule has 1 aliphatic heterocycles. The van der Waals surface area contributed by atoms with Crippen molar-refractivity contribution in [2.45, 2.75) is 13.2 Å². The number of nitrogens with zero attached hydrogens (tertiary/aromatic N) is 2. The number of benzene rings is 1. The lowest BCUT2D eigenvalue weighted by atomic mass is 10.1. The van der Waals surface area contributed by atoms with Crippen LogP contribution >= 0.6 is 24.5 Å². The zero-order chi connectivity index (χ0) is 18.8. The summed E-state index contributed by atoms with van der Waals surface area (Å²) in [5, 5.41) is 4.60. The number of rotatable bonds is 5. The summed E-state index contributed by atoms with van der Waals surface area (Å²) in [7, 11) is -2.48. The summed E-state index contributed by atoms with van der Waals surface area (Å²) >= 11 is 3.51. The minimum atomic E-state index is -2.48. The van der Waals surface area contributed by atoms with E-state index >= 15 is 0 Å². The number of halogens is 1. The molecule has 0 fully saturated rings. The Hall–Kier alpha value is -1.96. The molecule has 2 aromatic rings. The van der Waals surface area contributed by atoms with Crippen molar-refractivity contribution in [1.82, 2.24) is 9.78 Å². The van der Waals surface area contributed by atoms with E-state index in [4.69, 9.17) is 23.8 Å².